The molecule has 0 saturated carbocycles. The van der Waals surface area contributed by atoms with Gasteiger partial charge in [0.2, 0.25) is 0 Å². The minimum absolute atomic E-state index is 0.396. The van der Waals surface area contributed by atoms with Gasteiger partial charge in [-0.1, -0.05) is 0 Å². The molecule has 0 bridgehead atoms. The summed E-state index contributed by atoms with van der Waals surface area (Å²) < 4.78 is 16.8. The lowest BCUT2D eigenvalue weighted by molar-refractivity contribution is -0.970. The average Bonchev–Trinajstić information content (AvgIpc) is 2.62. The zero-order valence-electron chi connectivity index (χ0n) is 16.1. The predicted octanol–water partition coefficient (Wildman–Crippen LogP) is -0.0568. The van der Waals surface area contributed by atoms with Crippen molar-refractivity contribution in [1.82, 2.24) is 0 Å². The summed E-state index contributed by atoms with van der Waals surface area (Å²) in [6.45, 7) is 10.3. The largest absolute Gasteiger partial charge is 0.497 e. The van der Waals surface area contributed by atoms with E-state index in [1.165, 1.54) is 31.5 Å². The van der Waals surface area contributed by atoms with Gasteiger partial charge in [0, 0.05) is 24.5 Å². The van der Waals surface area contributed by atoms with E-state index < -0.39 is 0 Å². The normalized spacial score (nSPS) is 33.0. The van der Waals surface area contributed by atoms with E-state index in [4.69, 9.17) is 14.2 Å². The van der Waals surface area contributed by atoms with Crippen LogP contribution in [0.2, 0.25) is 0 Å². The second kappa shape index (κ2) is 8.39. The maximum atomic E-state index is 5.90. The molecule has 0 amide bonds. The van der Waals surface area contributed by atoms with Gasteiger partial charge in [-0.3, -0.25) is 0 Å². The van der Waals surface area contributed by atoms with E-state index in [0.717, 1.165) is 37.2 Å². The van der Waals surface area contributed by atoms with E-state index in [2.05, 4.69) is 19.9 Å². The molecule has 2 fully saturated rings. The summed E-state index contributed by atoms with van der Waals surface area (Å²) in [4.78, 5) is 3.42. The van der Waals surface area contributed by atoms with Gasteiger partial charge in [-0.25, -0.2) is 0 Å². The SMILES string of the molecule is COc1ccc(C[NH+]2CCC([NH+]3CC(C)OC(C)C3)CC2)c(OC)c1. The van der Waals surface area contributed by atoms with Crippen LogP contribution in [-0.4, -0.2) is 58.6 Å². The van der Waals surface area contributed by atoms with E-state index in [1.807, 2.05) is 12.1 Å². The second-order valence-corrected chi connectivity index (χ2v) is 7.70. The van der Waals surface area contributed by atoms with E-state index in [1.54, 1.807) is 24.0 Å². The first-order chi connectivity index (χ1) is 12.1. The number of morpholine rings is 1. The highest BCUT2D eigenvalue weighted by atomic mass is 16.5. The molecule has 2 N–H and O–H groups in total. The molecular weight excluding hydrogens is 316 g/mol. The lowest BCUT2D eigenvalue weighted by Gasteiger charge is -2.39. The van der Waals surface area contributed by atoms with Crippen LogP contribution in [0.15, 0.2) is 18.2 Å². The Morgan fingerprint density at radius 3 is 2.32 bits per heavy atom. The number of quaternary nitrogens is 2. The highest BCUT2D eigenvalue weighted by molar-refractivity contribution is 5.40. The molecule has 25 heavy (non-hydrogen) atoms. The summed E-state index contributed by atoms with van der Waals surface area (Å²) in [7, 11) is 3.43. The minimum Gasteiger partial charge on any atom is -0.497 e. The van der Waals surface area contributed by atoms with Crippen molar-refractivity contribution in [2.45, 2.75) is 51.5 Å². The molecule has 0 spiro atoms. The van der Waals surface area contributed by atoms with Crippen LogP contribution in [-0.2, 0) is 11.3 Å². The van der Waals surface area contributed by atoms with Gasteiger partial charge in [0.25, 0.3) is 0 Å². The van der Waals surface area contributed by atoms with Gasteiger partial charge >= 0.3 is 0 Å². The van der Waals surface area contributed by atoms with E-state index in [0.29, 0.717) is 12.2 Å². The van der Waals surface area contributed by atoms with Crippen molar-refractivity contribution in [2.24, 2.45) is 0 Å². The van der Waals surface area contributed by atoms with Gasteiger partial charge in [0.15, 0.2) is 0 Å². The third-order valence-corrected chi connectivity index (χ3v) is 5.77. The molecule has 2 unspecified atom stereocenters. The number of rotatable bonds is 5. The number of ether oxygens (including phenoxy) is 3. The van der Waals surface area contributed by atoms with E-state index >= 15 is 0 Å². The fraction of sp³-hybridized carbons (Fsp3) is 0.700. The van der Waals surface area contributed by atoms with Crippen LogP contribution in [0.5, 0.6) is 11.5 Å². The fourth-order valence-electron chi connectivity index (χ4n) is 4.53. The first-order valence-corrected chi connectivity index (χ1v) is 9.63. The van der Waals surface area contributed by atoms with Gasteiger partial charge in [0.1, 0.15) is 43.3 Å². The summed E-state index contributed by atoms with van der Waals surface area (Å²) in [6.07, 6.45) is 3.41. The summed E-state index contributed by atoms with van der Waals surface area (Å²) in [6, 6.07) is 6.97. The molecule has 2 atom stereocenters. The van der Waals surface area contributed by atoms with Crippen molar-refractivity contribution >= 4 is 0 Å². The summed E-state index contributed by atoms with van der Waals surface area (Å²) in [5.41, 5.74) is 1.28. The van der Waals surface area contributed by atoms with Crippen molar-refractivity contribution in [1.29, 1.82) is 0 Å². The Balaban J connectivity index is 1.54. The molecule has 2 aliphatic rings. The molecule has 0 aromatic heterocycles. The molecule has 3 rings (SSSR count). The van der Waals surface area contributed by atoms with Crippen LogP contribution in [0.1, 0.15) is 32.3 Å². The van der Waals surface area contributed by atoms with Gasteiger partial charge < -0.3 is 24.0 Å². The Hall–Kier alpha value is -1.30. The maximum absolute atomic E-state index is 5.90. The lowest BCUT2D eigenvalue weighted by Crippen LogP contribution is -3.22. The molecule has 5 nitrogen and oxygen atoms in total. The molecule has 140 valence electrons. The van der Waals surface area contributed by atoms with Crippen LogP contribution in [0.4, 0.5) is 0 Å². The molecule has 0 radical (unpaired) electrons. The molecule has 2 heterocycles. The Morgan fingerprint density at radius 1 is 1.04 bits per heavy atom. The monoisotopic (exact) mass is 350 g/mol. The highest BCUT2D eigenvalue weighted by Gasteiger charge is 2.35. The van der Waals surface area contributed by atoms with Gasteiger partial charge in [-0.05, 0) is 26.0 Å². The number of methoxy groups -OCH3 is 2. The third kappa shape index (κ3) is 4.66. The van der Waals surface area contributed by atoms with E-state index in [-0.39, 0.29) is 0 Å². The Labute approximate surface area is 151 Å². The van der Waals surface area contributed by atoms with Crippen molar-refractivity contribution in [2.75, 3.05) is 40.4 Å². The first-order valence-electron chi connectivity index (χ1n) is 9.63. The van der Waals surface area contributed by atoms with Crippen molar-refractivity contribution in [3.05, 3.63) is 23.8 Å². The van der Waals surface area contributed by atoms with Crippen molar-refractivity contribution < 1.29 is 24.0 Å². The average molecular weight is 351 g/mol. The molecule has 1 aromatic rings. The molecule has 5 heteroatoms. The maximum Gasteiger partial charge on any atom is 0.131 e. The molecule has 1 aromatic carbocycles. The van der Waals surface area contributed by atoms with Crippen molar-refractivity contribution in [3.8, 4) is 11.5 Å². The molecular formula is C20H34N2O3+2. The van der Waals surface area contributed by atoms with Crippen LogP contribution in [0, 0.1) is 0 Å². The summed E-state index contributed by atoms with van der Waals surface area (Å²) in [5.74, 6) is 1.80. The lowest BCUT2D eigenvalue weighted by atomic mass is 10.0. The Kier molecular flexibility index (Phi) is 6.20. The minimum atomic E-state index is 0.396. The van der Waals surface area contributed by atoms with Crippen LogP contribution < -0.4 is 19.3 Å². The summed E-state index contributed by atoms with van der Waals surface area (Å²) in [5, 5.41) is 0. The number of nitrogens with one attached hydrogen (secondary N) is 2. The number of piperidine rings is 1. The van der Waals surface area contributed by atoms with E-state index in [9.17, 15) is 0 Å². The molecule has 0 aliphatic carbocycles. The van der Waals surface area contributed by atoms with Crippen LogP contribution >= 0.6 is 0 Å². The number of likely N-dealkylation sites (tertiary alicyclic amines) is 1. The standard InChI is InChI=1S/C20H32N2O3/c1-15-12-22(13-16(2)25-15)18-7-9-21(10-8-18)14-17-5-6-19(23-3)11-20(17)24-4/h5-6,11,15-16,18H,7-10,12-14H2,1-4H3/p+2. The molecule has 2 saturated heterocycles. The van der Waals surface area contributed by atoms with Gasteiger partial charge in [0.05, 0.1) is 33.4 Å². The van der Waals surface area contributed by atoms with Crippen LogP contribution in [0.25, 0.3) is 0 Å². The highest BCUT2D eigenvalue weighted by Crippen LogP contribution is 2.24. The smallest absolute Gasteiger partial charge is 0.131 e. The second-order valence-electron chi connectivity index (χ2n) is 7.70. The van der Waals surface area contributed by atoms with Gasteiger partial charge in [-0.15, -0.1) is 0 Å². The third-order valence-electron chi connectivity index (χ3n) is 5.77. The predicted molar refractivity (Wildman–Crippen MR) is 97.7 cm³/mol. The molecule has 2 aliphatic heterocycles. The van der Waals surface area contributed by atoms with Crippen molar-refractivity contribution in [3.63, 3.8) is 0 Å². The topological polar surface area (TPSA) is 36.6 Å². The first kappa shape index (κ1) is 18.5. The van der Waals surface area contributed by atoms with Gasteiger partial charge in [-0.2, -0.15) is 0 Å². The Bertz CT molecular complexity index is 548. The zero-order chi connectivity index (χ0) is 17.8. The Morgan fingerprint density at radius 2 is 1.72 bits per heavy atom. The fourth-order valence-corrected chi connectivity index (χ4v) is 4.53. The summed E-state index contributed by atoms with van der Waals surface area (Å²) >= 11 is 0. The number of hydrogen-bond acceptors (Lipinski definition) is 3. The zero-order valence-corrected chi connectivity index (χ0v) is 16.1. The van der Waals surface area contributed by atoms with Crippen LogP contribution in [0.3, 0.4) is 0 Å². The quantitative estimate of drug-likeness (QED) is 0.781. The number of benzene rings is 1. The number of hydrogen-bond donors (Lipinski definition) is 2.